The van der Waals surface area contributed by atoms with Gasteiger partial charge in [-0.25, -0.2) is 0 Å². The average Bonchev–Trinajstić information content (AvgIpc) is 2.86. The molecule has 0 saturated heterocycles. The molecular weight excluding hydrogens is 382 g/mol. The third kappa shape index (κ3) is 4.57. The van der Waals surface area contributed by atoms with Crippen LogP contribution >= 0.6 is 0 Å². The van der Waals surface area contributed by atoms with Gasteiger partial charge >= 0.3 is 0 Å². The van der Waals surface area contributed by atoms with Crippen molar-refractivity contribution in [2.24, 2.45) is 0 Å². The Balaban J connectivity index is 1.90. The third-order valence-corrected chi connectivity index (χ3v) is 5.01. The highest BCUT2D eigenvalue weighted by molar-refractivity contribution is 6.30. The number of anilines is 2. The lowest BCUT2D eigenvalue weighted by Gasteiger charge is -2.23. The van der Waals surface area contributed by atoms with Crippen molar-refractivity contribution in [2.45, 2.75) is 0 Å². The summed E-state index contributed by atoms with van der Waals surface area (Å²) in [4.78, 5) is 15.8. The number of ether oxygens (including phenoxy) is 1. The summed E-state index contributed by atoms with van der Waals surface area (Å²) in [5, 5.41) is 0. The summed E-state index contributed by atoms with van der Waals surface area (Å²) in [6, 6.07) is 37.1. The summed E-state index contributed by atoms with van der Waals surface area (Å²) < 4.78 is 5.47. The number of allylic oxidation sites excluding steroid dienone is 1. The molecule has 0 aliphatic heterocycles. The predicted octanol–water partition coefficient (Wildman–Crippen LogP) is 6.76. The van der Waals surface area contributed by atoms with Crippen molar-refractivity contribution >= 4 is 22.7 Å². The number of hydrogen-bond donors (Lipinski definition) is 0. The van der Waals surface area contributed by atoms with Crippen molar-refractivity contribution < 1.29 is 9.53 Å². The first kappa shape index (κ1) is 20.2. The highest BCUT2D eigenvalue weighted by Gasteiger charge is 2.20. The molecule has 0 heterocycles. The van der Waals surface area contributed by atoms with E-state index < -0.39 is 0 Å². The predicted molar refractivity (Wildman–Crippen MR) is 127 cm³/mol. The minimum atomic E-state index is -0.0967. The monoisotopic (exact) mass is 405 g/mol. The lowest BCUT2D eigenvalue weighted by atomic mass is 9.96. The van der Waals surface area contributed by atoms with E-state index >= 15 is 0 Å². The van der Waals surface area contributed by atoms with E-state index in [1.165, 1.54) is 0 Å². The summed E-state index contributed by atoms with van der Waals surface area (Å²) in [7, 11) is 1.58. The van der Waals surface area contributed by atoms with Crippen LogP contribution in [0, 0.1) is 0 Å². The molecule has 0 bridgehead atoms. The maximum Gasteiger partial charge on any atom is 0.198 e. The SMILES string of the molecule is COc1ccccc1C(=O)/C(=C/N(c1ccccc1)c1ccccc1)c1ccccc1. The number of carbonyl (C=O) groups excluding carboxylic acids is 1. The van der Waals surface area contributed by atoms with Crippen LogP contribution in [-0.2, 0) is 0 Å². The van der Waals surface area contributed by atoms with Crippen LogP contribution in [0.3, 0.4) is 0 Å². The van der Waals surface area contributed by atoms with Gasteiger partial charge in [0, 0.05) is 23.1 Å². The van der Waals surface area contributed by atoms with Crippen molar-refractivity contribution in [3.63, 3.8) is 0 Å². The van der Waals surface area contributed by atoms with Crippen LogP contribution in [-0.4, -0.2) is 12.9 Å². The van der Waals surface area contributed by atoms with E-state index in [0.29, 0.717) is 16.9 Å². The molecule has 4 aromatic carbocycles. The molecule has 0 saturated carbocycles. The molecule has 3 nitrogen and oxygen atoms in total. The molecule has 0 radical (unpaired) electrons. The molecule has 0 unspecified atom stereocenters. The highest BCUT2D eigenvalue weighted by atomic mass is 16.5. The normalized spacial score (nSPS) is 11.1. The molecule has 0 spiro atoms. The molecule has 4 aromatic rings. The van der Waals surface area contributed by atoms with Gasteiger partial charge in [0.25, 0.3) is 0 Å². The Bertz CT molecular complexity index is 1130. The van der Waals surface area contributed by atoms with Crippen LogP contribution in [0.2, 0.25) is 0 Å². The van der Waals surface area contributed by atoms with Crippen molar-refractivity contribution in [2.75, 3.05) is 12.0 Å². The minimum absolute atomic E-state index is 0.0967. The zero-order valence-electron chi connectivity index (χ0n) is 17.3. The van der Waals surface area contributed by atoms with Crippen LogP contribution < -0.4 is 9.64 Å². The largest absolute Gasteiger partial charge is 0.496 e. The van der Waals surface area contributed by atoms with Gasteiger partial charge in [0.1, 0.15) is 5.75 Å². The van der Waals surface area contributed by atoms with E-state index in [1.54, 1.807) is 13.2 Å². The average molecular weight is 405 g/mol. The van der Waals surface area contributed by atoms with Gasteiger partial charge in [-0.1, -0.05) is 78.9 Å². The van der Waals surface area contributed by atoms with Crippen molar-refractivity contribution in [1.82, 2.24) is 0 Å². The number of carbonyl (C=O) groups is 1. The lowest BCUT2D eigenvalue weighted by Crippen LogP contribution is -2.13. The van der Waals surface area contributed by atoms with Crippen molar-refractivity contribution in [1.29, 1.82) is 0 Å². The number of ketones is 1. The van der Waals surface area contributed by atoms with Crippen LogP contribution in [0.15, 0.2) is 121 Å². The Morgan fingerprint density at radius 1 is 0.677 bits per heavy atom. The van der Waals surface area contributed by atoms with Crippen LogP contribution in [0.4, 0.5) is 11.4 Å². The Kier molecular flexibility index (Phi) is 6.24. The molecule has 3 heteroatoms. The Labute approximate surface area is 182 Å². The zero-order chi connectivity index (χ0) is 21.5. The molecule has 4 rings (SSSR count). The molecule has 0 atom stereocenters. The molecule has 0 aromatic heterocycles. The van der Waals surface area contributed by atoms with E-state index in [9.17, 15) is 4.79 Å². The fourth-order valence-corrected chi connectivity index (χ4v) is 3.46. The quantitative estimate of drug-likeness (QED) is 0.251. The van der Waals surface area contributed by atoms with Gasteiger partial charge in [-0.2, -0.15) is 0 Å². The van der Waals surface area contributed by atoms with Gasteiger partial charge in [0.15, 0.2) is 5.78 Å². The van der Waals surface area contributed by atoms with Gasteiger partial charge in [-0.15, -0.1) is 0 Å². The van der Waals surface area contributed by atoms with Crippen LogP contribution in [0.25, 0.3) is 5.57 Å². The third-order valence-electron chi connectivity index (χ3n) is 5.01. The van der Waals surface area contributed by atoms with E-state index in [4.69, 9.17) is 4.74 Å². The van der Waals surface area contributed by atoms with E-state index in [2.05, 4.69) is 0 Å². The minimum Gasteiger partial charge on any atom is -0.496 e. The highest BCUT2D eigenvalue weighted by Crippen LogP contribution is 2.31. The maximum absolute atomic E-state index is 13.7. The first-order valence-electron chi connectivity index (χ1n) is 10.1. The second kappa shape index (κ2) is 9.59. The van der Waals surface area contributed by atoms with E-state index in [-0.39, 0.29) is 5.78 Å². The number of Topliss-reactive ketones (excluding diaryl/α,β-unsaturated/α-hetero) is 1. The second-order valence-electron chi connectivity index (χ2n) is 6.98. The van der Waals surface area contributed by atoms with Gasteiger partial charge < -0.3 is 9.64 Å². The summed E-state index contributed by atoms with van der Waals surface area (Å²) >= 11 is 0. The number of nitrogens with zero attached hydrogens (tertiary/aromatic N) is 1. The first-order chi connectivity index (χ1) is 15.3. The summed E-state index contributed by atoms with van der Waals surface area (Å²) in [6.45, 7) is 0. The van der Waals surface area contributed by atoms with Gasteiger partial charge in [-0.05, 0) is 42.0 Å². The molecule has 0 N–H and O–H groups in total. The Morgan fingerprint density at radius 3 is 1.71 bits per heavy atom. The van der Waals surface area contributed by atoms with Crippen molar-refractivity contribution in [3.05, 3.63) is 133 Å². The number of rotatable bonds is 7. The number of hydrogen-bond acceptors (Lipinski definition) is 3. The molecular formula is C28H23NO2. The Morgan fingerprint density at radius 2 is 1.16 bits per heavy atom. The van der Waals surface area contributed by atoms with E-state index in [0.717, 1.165) is 16.9 Å². The second-order valence-corrected chi connectivity index (χ2v) is 6.98. The molecule has 0 aliphatic carbocycles. The van der Waals surface area contributed by atoms with Crippen LogP contribution in [0.1, 0.15) is 15.9 Å². The Hall–Kier alpha value is -4.11. The molecule has 0 aliphatic rings. The smallest absolute Gasteiger partial charge is 0.198 e. The summed E-state index contributed by atoms with van der Waals surface area (Å²) in [5.41, 5.74) is 3.89. The summed E-state index contributed by atoms with van der Waals surface area (Å²) in [5.74, 6) is 0.459. The number of benzene rings is 4. The molecule has 31 heavy (non-hydrogen) atoms. The molecule has 0 amide bonds. The van der Waals surface area contributed by atoms with Crippen LogP contribution in [0.5, 0.6) is 5.75 Å². The van der Waals surface area contributed by atoms with E-state index in [1.807, 2.05) is 120 Å². The van der Waals surface area contributed by atoms with Crippen molar-refractivity contribution in [3.8, 4) is 5.75 Å². The topological polar surface area (TPSA) is 29.5 Å². The number of para-hydroxylation sites is 3. The molecule has 152 valence electrons. The van der Waals surface area contributed by atoms with Gasteiger partial charge in [0.2, 0.25) is 0 Å². The number of methoxy groups -OCH3 is 1. The fraction of sp³-hybridized carbons (Fsp3) is 0.0357. The first-order valence-corrected chi connectivity index (χ1v) is 10.1. The molecule has 0 fully saturated rings. The zero-order valence-corrected chi connectivity index (χ0v) is 17.3. The fourth-order valence-electron chi connectivity index (χ4n) is 3.46. The summed E-state index contributed by atoms with van der Waals surface area (Å²) in [6.07, 6.45) is 1.91. The van der Waals surface area contributed by atoms with Gasteiger partial charge in [-0.3, -0.25) is 4.79 Å². The van der Waals surface area contributed by atoms with Gasteiger partial charge in [0.05, 0.1) is 12.7 Å². The lowest BCUT2D eigenvalue weighted by molar-refractivity contribution is 0.105. The standard InChI is InChI=1S/C28H23NO2/c1-31-27-20-12-11-19-25(27)28(30)26(22-13-5-2-6-14-22)21-29(23-15-7-3-8-16-23)24-17-9-4-10-18-24/h2-21H,1H3/b26-21+. The maximum atomic E-state index is 13.7.